The molecule has 1 aromatic heterocycles. The van der Waals surface area contributed by atoms with Gasteiger partial charge in [0.05, 0.1) is 5.69 Å². The molecule has 104 valence electrons. The van der Waals surface area contributed by atoms with E-state index in [1.807, 2.05) is 12.1 Å². The third-order valence-electron chi connectivity index (χ3n) is 3.56. The van der Waals surface area contributed by atoms with Crippen LogP contribution in [0, 0.1) is 0 Å². The highest BCUT2D eigenvalue weighted by Crippen LogP contribution is 2.25. The fourth-order valence-electron chi connectivity index (χ4n) is 2.53. The van der Waals surface area contributed by atoms with Crippen molar-refractivity contribution in [1.82, 2.24) is 4.98 Å². The van der Waals surface area contributed by atoms with Gasteiger partial charge in [0.2, 0.25) is 0 Å². The van der Waals surface area contributed by atoms with E-state index in [4.69, 9.17) is 5.73 Å². The van der Waals surface area contributed by atoms with Crippen LogP contribution < -0.4 is 15.5 Å². The SMILES string of the molecule is Nc1cc(Br)cnc1N1CCN(c2ccccc2)CC1. The van der Waals surface area contributed by atoms with Gasteiger partial charge in [-0.15, -0.1) is 0 Å². The van der Waals surface area contributed by atoms with Gasteiger partial charge >= 0.3 is 0 Å². The summed E-state index contributed by atoms with van der Waals surface area (Å²) in [4.78, 5) is 9.08. The van der Waals surface area contributed by atoms with Gasteiger partial charge < -0.3 is 15.5 Å². The number of piperazine rings is 1. The van der Waals surface area contributed by atoms with Crippen LogP contribution in [0.3, 0.4) is 0 Å². The molecule has 1 aromatic carbocycles. The molecule has 5 heteroatoms. The molecular formula is C15H17BrN4. The molecule has 0 spiro atoms. The highest BCUT2D eigenvalue weighted by Gasteiger charge is 2.19. The van der Waals surface area contributed by atoms with Gasteiger partial charge in [-0.2, -0.15) is 0 Å². The second-order valence-electron chi connectivity index (χ2n) is 4.88. The Morgan fingerprint density at radius 1 is 1.00 bits per heavy atom. The summed E-state index contributed by atoms with van der Waals surface area (Å²) in [5.41, 5.74) is 8.06. The maximum Gasteiger partial charge on any atom is 0.151 e. The van der Waals surface area contributed by atoms with Crippen molar-refractivity contribution in [2.75, 3.05) is 41.7 Å². The van der Waals surface area contributed by atoms with E-state index in [0.29, 0.717) is 0 Å². The first-order valence-corrected chi connectivity index (χ1v) is 7.49. The number of aromatic nitrogens is 1. The van der Waals surface area contributed by atoms with Crippen molar-refractivity contribution in [3.63, 3.8) is 0 Å². The summed E-state index contributed by atoms with van der Waals surface area (Å²) < 4.78 is 0.918. The van der Waals surface area contributed by atoms with Gasteiger partial charge in [-0.1, -0.05) is 18.2 Å². The lowest BCUT2D eigenvalue weighted by Gasteiger charge is -2.37. The lowest BCUT2D eigenvalue weighted by molar-refractivity contribution is 0.648. The minimum Gasteiger partial charge on any atom is -0.396 e. The molecule has 0 saturated carbocycles. The van der Waals surface area contributed by atoms with Crippen molar-refractivity contribution >= 4 is 33.1 Å². The Hall–Kier alpha value is -1.75. The van der Waals surface area contributed by atoms with Crippen LogP contribution in [0.2, 0.25) is 0 Å². The molecule has 1 aliphatic heterocycles. The number of anilines is 3. The molecule has 0 amide bonds. The van der Waals surface area contributed by atoms with E-state index in [0.717, 1.165) is 42.2 Å². The molecule has 0 aliphatic carbocycles. The van der Waals surface area contributed by atoms with Gasteiger partial charge in [-0.25, -0.2) is 4.98 Å². The summed E-state index contributed by atoms with van der Waals surface area (Å²) in [5.74, 6) is 0.890. The monoisotopic (exact) mass is 332 g/mol. The second kappa shape index (κ2) is 5.71. The van der Waals surface area contributed by atoms with Crippen molar-refractivity contribution in [2.24, 2.45) is 0 Å². The van der Waals surface area contributed by atoms with Crippen LogP contribution in [0.15, 0.2) is 47.1 Å². The van der Waals surface area contributed by atoms with E-state index in [-0.39, 0.29) is 0 Å². The molecule has 20 heavy (non-hydrogen) atoms. The van der Waals surface area contributed by atoms with E-state index in [2.05, 4.69) is 55.0 Å². The Bertz CT molecular complexity index is 580. The average Bonchev–Trinajstić information content (AvgIpc) is 2.48. The molecule has 3 rings (SSSR count). The largest absolute Gasteiger partial charge is 0.396 e. The van der Waals surface area contributed by atoms with Gasteiger partial charge in [0.25, 0.3) is 0 Å². The third kappa shape index (κ3) is 2.72. The summed E-state index contributed by atoms with van der Waals surface area (Å²) >= 11 is 3.39. The topological polar surface area (TPSA) is 45.4 Å². The highest BCUT2D eigenvalue weighted by atomic mass is 79.9. The fourth-order valence-corrected chi connectivity index (χ4v) is 2.88. The Morgan fingerprint density at radius 2 is 1.65 bits per heavy atom. The number of nitrogens with zero attached hydrogens (tertiary/aromatic N) is 3. The number of benzene rings is 1. The lowest BCUT2D eigenvalue weighted by Crippen LogP contribution is -2.47. The molecule has 0 atom stereocenters. The zero-order valence-electron chi connectivity index (χ0n) is 11.2. The Balaban J connectivity index is 1.69. The summed E-state index contributed by atoms with van der Waals surface area (Å²) in [5, 5.41) is 0. The highest BCUT2D eigenvalue weighted by molar-refractivity contribution is 9.10. The van der Waals surface area contributed by atoms with Crippen LogP contribution in [0.4, 0.5) is 17.2 Å². The van der Waals surface area contributed by atoms with E-state index in [9.17, 15) is 0 Å². The predicted molar refractivity (Wildman–Crippen MR) is 87.2 cm³/mol. The van der Waals surface area contributed by atoms with Crippen LogP contribution in [-0.4, -0.2) is 31.2 Å². The first-order valence-electron chi connectivity index (χ1n) is 6.70. The van der Waals surface area contributed by atoms with Gasteiger partial charge in [0.15, 0.2) is 5.82 Å². The summed E-state index contributed by atoms with van der Waals surface area (Å²) in [6.07, 6.45) is 1.80. The van der Waals surface area contributed by atoms with Crippen molar-refractivity contribution in [2.45, 2.75) is 0 Å². The van der Waals surface area contributed by atoms with Crippen LogP contribution >= 0.6 is 15.9 Å². The van der Waals surface area contributed by atoms with Crippen molar-refractivity contribution < 1.29 is 0 Å². The normalized spacial score (nSPS) is 15.4. The van der Waals surface area contributed by atoms with Crippen molar-refractivity contribution in [3.8, 4) is 0 Å². The van der Waals surface area contributed by atoms with E-state index >= 15 is 0 Å². The molecule has 1 aliphatic rings. The Kier molecular flexibility index (Phi) is 3.78. The Morgan fingerprint density at radius 3 is 2.30 bits per heavy atom. The molecule has 2 N–H and O–H groups in total. The molecule has 0 radical (unpaired) electrons. The fraction of sp³-hybridized carbons (Fsp3) is 0.267. The number of pyridine rings is 1. The van der Waals surface area contributed by atoms with Gasteiger partial charge in [0.1, 0.15) is 0 Å². The molecule has 2 aromatic rings. The standard InChI is InChI=1S/C15H17BrN4/c16-12-10-14(17)15(18-11-12)20-8-6-19(7-9-20)13-4-2-1-3-5-13/h1-5,10-11H,6-9,17H2. The zero-order chi connectivity index (χ0) is 13.9. The quantitative estimate of drug-likeness (QED) is 0.918. The molecule has 0 unspecified atom stereocenters. The maximum atomic E-state index is 6.05. The number of nitrogens with two attached hydrogens (primary N) is 1. The van der Waals surface area contributed by atoms with E-state index < -0.39 is 0 Å². The van der Waals surface area contributed by atoms with Crippen LogP contribution in [0.25, 0.3) is 0 Å². The summed E-state index contributed by atoms with van der Waals surface area (Å²) in [6.45, 7) is 3.85. The maximum absolute atomic E-state index is 6.05. The molecule has 0 bridgehead atoms. The summed E-state index contributed by atoms with van der Waals surface area (Å²) in [7, 11) is 0. The molecule has 2 heterocycles. The number of para-hydroxylation sites is 1. The molecule has 4 nitrogen and oxygen atoms in total. The minimum atomic E-state index is 0.729. The molecular weight excluding hydrogens is 316 g/mol. The Labute approximate surface area is 127 Å². The van der Waals surface area contributed by atoms with Gasteiger partial charge in [-0.3, -0.25) is 0 Å². The first-order chi connectivity index (χ1) is 9.74. The average molecular weight is 333 g/mol. The number of nitrogen functional groups attached to an aromatic ring is 1. The minimum absolute atomic E-state index is 0.729. The van der Waals surface area contributed by atoms with E-state index in [1.165, 1.54) is 5.69 Å². The number of hydrogen-bond acceptors (Lipinski definition) is 4. The van der Waals surface area contributed by atoms with Crippen LogP contribution in [0.5, 0.6) is 0 Å². The van der Waals surface area contributed by atoms with Crippen molar-refractivity contribution in [1.29, 1.82) is 0 Å². The number of rotatable bonds is 2. The number of halogens is 1. The third-order valence-corrected chi connectivity index (χ3v) is 4.00. The van der Waals surface area contributed by atoms with Crippen LogP contribution in [0.1, 0.15) is 0 Å². The summed E-state index contributed by atoms with van der Waals surface area (Å²) in [6, 6.07) is 12.4. The van der Waals surface area contributed by atoms with Crippen LogP contribution in [-0.2, 0) is 0 Å². The van der Waals surface area contributed by atoms with Gasteiger partial charge in [-0.05, 0) is 34.1 Å². The smallest absolute Gasteiger partial charge is 0.151 e. The van der Waals surface area contributed by atoms with Gasteiger partial charge in [0, 0.05) is 42.5 Å². The number of hydrogen-bond donors (Lipinski definition) is 1. The zero-order valence-corrected chi connectivity index (χ0v) is 12.8. The second-order valence-corrected chi connectivity index (χ2v) is 5.79. The lowest BCUT2D eigenvalue weighted by atomic mass is 10.2. The van der Waals surface area contributed by atoms with E-state index in [1.54, 1.807) is 6.20 Å². The molecule has 1 fully saturated rings. The molecule has 1 saturated heterocycles. The predicted octanol–water partition coefficient (Wildman–Crippen LogP) is 2.75. The van der Waals surface area contributed by atoms with Crippen molar-refractivity contribution in [3.05, 3.63) is 47.1 Å². The first kappa shape index (κ1) is 13.2.